The van der Waals surface area contributed by atoms with Gasteiger partial charge in [0.1, 0.15) is 5.75 Å². The monoisotopic (exact) mass is 542 g/mol. The number of morpholine rings is 1. The van der Waals surface area contributed by atoms with Gasteiger partial charge in [0.25, 0.3) is 0 Å². The summed E-state index contributed by atoms with van der Waals surface area (Å²) in [7, 11) is 6.76. The fourth-order valence-electron chi connectivity index (χ4n) is 7.08. The van der Waals surface area contributed by atoms with Gasteiger partial charge >= 0.3 is 0 Å². The maximum Gasteiger partial charge on any atom is 0.235 e. The number of rotatable bonds is 4. The number of ketones is 4. The van der Waals surface area contributed by atoms with Crippen LogP contribution in [0.5, 0.6) is 5.75 Å². The number of benzene rings is 1. The van der Waals surface area contributed by atoms with Gasteiger partial charge in [-0.1, -0.05) is 0 Å². The number of aliphatic hydroxyl groups is 1. The summed E-state index contributed by atoms with van der Waals surface area (Å²) < 4.78 is 5.42. The van der Waals surface area contributed by atoms with E-state index in [1.807, 2.05) is 30.0 Å². The number of likely N-dealkylation sites (N-methyl/N-ethyl adjacent to an activating group) is 1. The maximum atomic E-state index is 14.1. The zero-order valence-corrected chi connectivity index (χ0v) is 22.5. The number of aromatic hydroxyl groups is 1. The summed E-state index contributed by atoms with van der Waals surface area (Å²) >= 11 is 0. The molecule has 1 saturated heterocycles. The quantitative estimate of drug-likeness (QED) is 0.389. The Morgan fingerprint density at radius 1 is 1.10 bits per heavy atom. The number of nitrogens with zero attached hydrogens (tertiary/aromatic N) is 3. The number of primary amides is 1. The average Bonchev–Trinajstić information content (AvgIpc) is 2.86. The first-order valence-corrected chi connectivity index (χ1v) is 13.1. The molecule has 210 valence electrons. The Morgan fingerprint density at radius 2 is 1.74 bits per heavy atom. The van der Waals surface area contributed by atoms with E-state index in [1.165, 1.54) is 4.90 Å². The van der Waals surface area contributed by atoms with Crippen LogP contribution in [0.15, 0.2) is 6.07 Å². The molecule has 1 aromatic carbocycles. The van der Waals surface area contributed by atoms with E-state index >= 15 is 0 Å². The summed E-state index contributed by atoms with van der Waals surface area (Å²) in [6, 6.07) is 0.693. The number of ether oxygens (including phenoxy) is 1. The van der Waals surface area contributed by atoms with Crippen LogP contribution in [-0.4, -0.2) is 110 Å². The number of carbonyl (C=O) groups excluding carboxylic acids is 5. The number of nitrogens with two attached hydrogens (primary N) is 1. The second-order valence-corrected chi connectivity index (χ2v) is 11.4. The fourth-order valence-corrected chi connectivity index (χ4v) is 7.08. The van der Waals surface area contributed by atoms with Gasteiger partial charge in [-0.3, -0.25) is 28.9 Å². The lowest BCUT2D eigenvalue weighted by Crippen LogP contribution is -2.74. The molecule has 1 aliphatic heterocycles. The molecule has 12 heteroatoms. The highest BCUT2D eigenvalue weighted by atomic mass is 16.5. The molecule has 3 aliphatic carbocycles. The number of fused-ring (bicyclic) bond motifs is 3. The highest BCUT2D eigenvalue weighted by Crippen LogP contribution is 2.53. The molecule has 39 heavy (non-hydrogen) atoms. The van der Waals surface area contributed by atoms with Crippen LogP contribution in [0.1, 0.15) is 22.3 Å². The van der Waals surface area contributed by atoms with Crippen molar-refractivity contribution in [3.63, 3.8) is 0 Å². The molecule has 3 unspecified atom stereocenters. The van der Waals surface area contributed by atoms with E-state index in [1.54, 1.807) is 14.1 Å². The Labute approximate surface area is 225 Å². The van der Waals surface area contributed by atoms with Gasteiger partial charge in [-0.2, -0.15) is 0 Å². The highest BCUT2D eigenvalue weighted by Gasteiger charge is 2.69. The number of hydrogen-bond donors (Lipinski definition) is 3. The van der Waals surface area contributed by atoms with E-state index in [0.29, 0.717) is 43.2 Å². The second kappa shape index (κ2) is 9.39. The van der Waals surface area contributed by atoms with E-state index in [0.717, 1.165) is 0 Å². The van der Waals surface area contributed by atoms with Gasteiger partial charge < -0.3 is 30.5 Å². The van der Waals surface area contributed by atoms with Crippen LogP contribution in [0, 0.1) is 23.7 Å². The van der Waals surface area contributed by atoms with Crippen LogP contribution < -0.4 is 15.5 Å². The highest BCUT2D eigenvalue weighted by molar-refractivity contribution is 6.32. The zero-order chi connectivity index (χ0) is 28.5. The third-order valence-electron chi connectivity index (χ3n) is 8.85. The Kier molecular flexibility index (Phi) is 6.55. The van der Waals surface area contributed by atoms with Gasteiger partial charge in [-0.25, -0.2) is 0 Å². The van der Waals surface area contributed by atoms with Crippen LogP contribution in [-0.2, 0) is 30.3 Å². The van der Waals surface area contributed by atoms with Crippen molar-refractivity contribution in [2.45, 2.75) is 24.5 Å². The number of phenolic OH excluding ortho intramolecular Hbond substituents is 1. The third kappa shape index (κ3) is 3.80. The second-order valence-electron chi connectivity index (χ2n) is 11.4. The summed E-state index contributed by atoms with van der Waals surface area (Å²) in [6.07, 6.45) is 0.235. The number of hydrogen-bond acceptors (Lipinski definition) is 11. The molecule has 1 amide bonds. The summed E-state index contributed by atoms with van der Waals surface area (Å²) in [5.41, 5.74) is 4.35. The number of Topliss-reactive ketones (excluding diaryl/α,β-unsaturated/α-hetero) is 4. The summed E-state index contributed by atoms with van der Waals surface area (Å²) in [5, 5.41) is 23.1. The Bertz CT molecular complexity index is 1290. The largest absolute Gasteiger partial charge is 0.505 e. The SMILES string of the molecule is CN(C)c1cc(N2CCOCC2)c(O)c2c1C[C@H]1C[C@H]3C(N(C)C)C(=O)C(C(N)=O)C(=O)[C@@]3(O)C(=O)C1C2=O. The summed E-state index contributed by atoms with van der Waals surface area (Å²) in [5.74, 6) is -10.5. The van der Waals surface area contributed by atoms with Crippen molar-refractivity contribution in [1.82, 2.24) is 4.90 Å². The molecule has 4 aliphatic rings. The van der Waals surface area contributed by atoms with Gasteiger partial charge in [0.2, 0.25) is 5.91 Å². The number of carbonyl (C=O) groups is 5. The summed E-state index contributed by atoms with van der Waals surface area (Å²) in [4.78, 5) is 72.1. The van der Waals surface area contributed by atoms with Gasteiger partial charge in [-0.15, -0.1) is 0 Å². The lowest BCUT2D eigenvalue weighted by molar-refractivity contribution is -0.181. The molecule has 0 spiro atoms. The van der Waals surface area contributed by atoms with E-state index in [4.69, 9.17) is 10.5 Å². The Hall–Kier alpha value is -3.35. The van der Waals surface area contributed by atoms with Crippen LogP contribution in [0.2, 0.25) is 0 Å². The molecule has 1 heterocycles. The Morgan fingerprint density at radius 3 is 2.31 bits per heavy atom. The Balaban J connectivity index is 1.65. The normalized spacial score (nSPS) is 32.6. The van der Waals surface area contributed by atoms with Crippen molar-refractivity contribution in [3.8, 4) is 5.75 Å². The summed E-state index contributed by atoms with van der Waals surface area (Å²) in [6.45, 7) is 1.91. The van der Waals surface area contributed by atoms with Crippen molar-refractivity contribution < 1.29 is 38.9 Å². The minimum Gasteiger partial charge on any atom is -0.505 e. The average molecular weight is 543 g/mol. The predicted molar refractivity (Wildman–Crippen MR) is 139 cm³/mol. The molecule has 2 saturated carbocycles. The molecule has 12 nitrogen and oxygen atoms in total. The van der Waals surface area contributed by atoms with E-state index < -0.39 is 64.4 Å². The van der Waals surface area contributed by atoms with Crippen molar-refractivity contribution >= 4 is 40.4 Å². The van der Waals surface area contributed by atoms with Crippen molar-refractivity contribution in [2.75, 3.05) is 64.3 Å². The minimum absolute atomic E-state index is 0.00529. The molecule has 0 bridgehead atoms. The number of amides is 1. The van der Waals surface area contributed by atoms with E-state index in [2.05, 4.69) is 0 Å². The molecule has 5 rings (SSSR count). The predicted octanol–water partition coefficient (Wildman–Crippen LogP) is -1.23. The van der Waals surface area contributed by atoms with Crippen molar-refractivity contribution in [1.29, 1.82) is 0 Å². The van der Waals surface area contributed by atoms with Crippen LogP contribution in [0.3, 0.4) is 0 Å². The molecule has 6 atom stereocenters. The molecule has 4 N–H and O–H groups in total. The molecule has 3 fully saturated rings. The third-order valence-corrected chi connectivity index (χ3v) is 8.85. The lowest BCUT2D eigenvalue weighted by atomic mass is 9.52. The van der Waals surface area contributed by atoms with Gasteiger partial charge in [0, 0.05) is 38.8 Å². The van der Waals surface area contributed by atoms with Gasteiger partial charge in [0.15, 0.2) is 34.7 Å². The first-order valence-electron chi connectivity index (χ1n) is 13.1. The maximum absolute atomic E-state index is 14.1. The topological polar surface area (TPSA) is 171 Å². The first kappa shape index (κ1) is 27.2. The van der Waals surface area contributed by atoms with E-state index in [-0.39, 0.29) is 24.2 Å². The number of anilines is 2. The molecule has 1 aromatic rings. The molecule has 0 radical (unpaired) electrons. The van der Waals surface area contributed by atoms with Crippen LogP contribution in [0.25, 0.3) is 0 Å². The van der Waals surface area contributed by atoms with Crippen LogP contribution >= 0.6 is 0 Å². The van der Waals surface area contributed by atoms with Gasteiger partial charge in [-0.05, 0) is 44.5 Å². The minimum atomic E-state index is -2.74. The molecule has 0 aromatic heterocycles. The first-order chi connectivity index (χ1) is 18.3. The fraction of sp³-hybridized carbons (Fsp3) is 0.593. The van der Waals surface area contributed by atoms with E-state index in [9.17, 15) is 34.2 Å². The smallest absolute Gasteiger partial charge is 0.235 e. The van der Waals surface area contributed by atoms with Crippen molar-refractivity contribution in [2.24, 2.45) is 29.4 Å². The van der Waals surface area contributed by atoms with Gasteiger partial charge in [0.05, 0.1) is 36.4 Å². The van der Waals surface area contributed by atoms with Crippen molar-refractivity contribution in [3.05, 3.63) is 17.2 Å². The number of phenols is 1. The molecular weight excluding hydrogens is 508 g/mol. The standard InChI is InChI=1S/C27H34N4O8/c1-29(2)15-11-16(31-5-7-39-8-6-31)21(32)18-13(15)9-12-10-14-20(30(3)4)23(34)19(26(28)37)25(36)27(14,38)24(35)17(12)22(18)33/h11-12,14,17,19-20,32,38H,5-10H2,1-4H3,(H2,28,37)/t12-,14-,17?,19?,20?,27-/m0/s1. The molecular formula is C27H34N4O8. The zero-order valence-electron chi connectivity index (χ0n) is 22.5. The lowest BCUT2D eigenvalue weighted by Gasteiger charge is -2.52. The van der Waals surface area contributed by atoms with Crippen LogP contribution in [0.4, 0.5) is 11.4 Å².